The third-order valence-corrected chi connectivity index (χ3v) is 4.68. The second kappa shape index (κ2) is 7.48. The van der Waals surface area contributed by atoms with Crippen molar-refractivity contribution in [2.45, 2.75) is 18.9 Å². The van der Waals surface area contributed by atoms with E-state index in [-0.39, 0.29) is 17.6 Å². The SMILES string of the molecule is Cn1cccc1C(CNC(=O)c1cccc([N+](=O)[O-])c1)N1CCCC1. The zero-order valence-electron chi connectivity index (χ0n) is 14.2. The number of carbonyl (C=O) groups is 1. The number of benzene rings is 1. The molecule has 132 valence electrons. The van der Waals surface area contributed by atoms with Crippen molar-refractivity contribution in [2.24, 2.45) is 7.05 Å². The zero-order chi connectivity index (χ0) is 17.8. The summed E-state index contributed by atoms with van der Waals surface area (Å²) in [6.45, 7) is 2.50. The molecule has 1 unspecified atom stereocenters. The summed E-state index contributed by atoms with van der Waals surface area (Å²) in [4.78, 5) is 25.2. The van der Waals surface area contributed by atoms with Crippen LogP contribution < -0.4 is 5.32 Å². The van der Waals surface area contributed by atoms with Gasteiger partial charge in [-0.3, -0.25) is 19.8 Å². The molecule has 1 saturated heterocycles. The van der Waals surface area contributed by atoms with E-state index in [4.69, 9.17) is 0 Å². The molecule has 0 saturated carbocycles. The van der Waals surface area contributed by atoms with E-state index in [1.807, 2.05) is 19.3 Å². The first kappa shape index (κ1) is 17.2. The molecule has 1 fully saturated rings. The van der Waals surface area contributed by atoms with Gasteiger partial charge in [-0.05, 0) is 44.1 Å². The molecule has 7 heteroatoms. The number of non-ortho nitro benzene ring substituents is 1. The van der Waals surface area contributed by atoms with E-state index in [0.717, 1.165) is 18.8 Å². The first-order chi connectivity index (χ1) is 12.1. The van der Waals surface area contributed by atoms with Crippen LogP contribution in [0.4, 0.5) is 5.69 Å². The first-order valence-corrected chi connectivity index (χ1v) is 8.44. The summed E-state index contributed by atoms with van der Waals surface area (Å²) in [6.07, 6.45) is 4.33. The smallest absolute Gasteiger partial charge is 0.270 e. The van der Waals surface area contributed by atoms with Gasteiger partial charge < -0.3 is 9.88 Å². The van der Waals surface area contributed by atoms with Gasteiger partial charge in [-0.1, -0.05) is 6.07 Å². The second-order valence-corrected chi connectivity index (χ2v) is 6.32. The number of nitro groups is 1. The fraction of sp³-hybridized carbons (Fsp3) is 0.389. The van der Waals surface area contributed by atoms with Gasteiger partial charge >= 0.3 is 0 Å². The molecule has 2 heterocycles. The largest absolute Gasteiger partial charge is 0.353 e. The minimum Gasteiger partial charge on any atom is -0.353 e. The summed E-state index contributed by atoms with van der Waals surface area (Å²) < 4.78 is 2.07. The molecule has 0 radical (unpaired) electrons. The standard InChI is InChI=1S/C18H22N4O3/c1-20-9-5-8-16(20)17(21-10-2-3-11-21)13-19-18(23)14-6-4-7-15(12-14)22(24)25/h4-9,12,17H,2-3,10-11,13H2,1H3,(H,19,23). The molecule has 3 rings (SSSR count). The normalized spacial score (nSPS) is 15.9. The van der Waals surface area contributed by atoms with Gasteiger partial charge in [-0.2, -0.15) is 0 Å². The molecule has 0 bridgehead atoms. The number of nitrogens with one attached hydrogen (secondary N) is 1. The predicted octanol–water partition coefficient (Wildman–Crippen LogP) is 2.50. The van der Waals surface area contributed by atoms with Crippen LogP contribution in [0, 0.1) is 10.1 Å². The minimum atomic E-state index is -0.492. The lowest BCUT2D eigenvalue weighted by molar-refractivity contribution is -0.384. The van der Waals surface area contributed by atoms with Crippen molar-refractivity contribution >= 4 is 11.6 Å². The van der Waals surface area contributed by atoms with Gasteiger partial charge in [0.1, 0.15) is 0 Å². The molecule has 1 amide bonds. The first-order valence-electron chi connectivity index (χ1n) is 8.44. The topological polar surface area (TPSA) is 80.4 Å². The summed E-state index contributed by atoms with van der Waals surface area (Å²) in [6, 6.07) is 9.99. The summed E-state index contributed by atoms with van der Waals surface area (Å²) >= 11 is 0. The number of nitro benzene ring substituents is 1. The molecule has 1 N–H and O–H groups in total. The van der Waals surface area contributed by atoms with Crippen LogP contribution in [-0.4, -0.2) is 39.9 Å². The van der Waals surface area contributed by atoms with Gasteiger partial charge in [0.25, 0.3) is 11.6 Å². The van der Waals surface area contributed by atoms with Crippen LogP contribution in [0.15, 0.2) is 42.6 Å². The maximum Gasteiger partial charge on any atom is 0.270 e. The highest BCUT2D eigenvalue weighted by molar-refractivity contribution is 5.94. The van der Waals surface area contributed by atoms with Crippen LogP contribution in [-0.2, 0) is 7.05 Å². The van der Waals surface area contributed by atoms with Crippen LogP contribution in [0.25, 0.3) is 0 Å². The number of hydrogen-bond acceptors (Lipinski definition) is 4. The quantitative estimate of drug-likeness (QED) is 0.646. The Kier molecular flexibility index (Phi) is 5.14. The monoisotopic (exact) mass is 342 g/mol. The van der Waals surface area contributed by atoms with Crippen LogP contribution >= 0.6 is 0 Å². The predicted molar refractivity (Wildman–Crippen MR) is 94.4 cm³/mol. The molecule has 2 aromatic rings. The Bertz CT molecular complexity index is 765. The Balaban J connectivity index is 1.72. The van der Waals surface area contributed by atoms with Crippen LogP contribution in [0.5, 0.6) is 0 Å². The number of carbonyl (C=O) groups excluding carboxylic acids is 1. The van der Waals surface area contributed by atoms with Crippen molar-refractivity contribution < 1.29 is 9.72 Å². The molecule has 1 aromatic heterocycles. The average molecular weight is 342 g/mol. The molecule has 0 aliphatic carbocycles. The van der Waals surface area contributed by atoms with Gasteiger partial charge in [0.05, 0.1) is 11.0 Å². The molecule has 7 nitrogen and oxygen atoms in total. The molecular weight excluding hydrogens is 320 g/mol. The number of amides is 1. The minimum absolute atomic E-state index is 0.0776. The molecule has 25 heavy (non-hydrogen) atoms. The van der Waals surface area contributed by atoms with Gasteiger partial charge in [0, 0.05) is 43.2 Å². The highest BCUT2D eigenvalue weighted by Gasteiger charge is 2.25. The Morgan fingerprint density at radius 1 is 1.28 bits per heavy atom. The van der Waals surface area contributed by atoms with Crippen molar-refractivity contribution in [1.82, 2.24) is 14.8 Å². The Morgan fingerprint density at radius 3 is 2.68 bits per heavy atom. The van der Waals surface area contributed by atoms with Gasteiger partial charge in [0.15, 0.2) is 0 Å². The zero-order valence-corrected chi connectivity index (χ0v) is 14.2. The summed E-state index contributed by atoms with van der Waals surface area (Å²) in [5, 5.41) is 13.8. The number of likely N-dealkylation sites (tertiary alicyclic amines) is 1. The molecule has 0 spiro atoms. The lowest BCUT2D eigenvalue weighted by Gasteiger charge is -2.28. The summed E-state index contributed by atoms with van der Waals surface area (Å²) in [5.74, 6) is -0.290. The van der Waals surface area contributed by atoms with Crippen molar-refractivity contribution in [1.29, 1.82) is 0 Å². The Labute approximate surface area is 146 Å². The highest BCUT2D eigenvalue weighted by Crippen LogP contribution is 2.24. The molecule has 1 aliphatic heterocycles. The lowest BCUT2D eigenvalue weighted by Crippen LogP contribution is -2.37. The number of nitrogens with zero attached hydrogens (tertiary/aromatic N) is 3. The number of aryl methyl sites for hydroxylation is 1. The Hall–Kier alpha value is -2.67. The van der Waals surface area contributed by atoms with Crippen LogP contribution in [0.2, 0.25) is 0 Å². The van der Waals surface area contributed by atoms with Gasteiger partial charge in [-0.15, -0.1) is 0 Å². The van der Waals surface area contributed by atoms with Crippen molar-refractivity contribution in [3.05, 3.63) is 64.0 Å². The van der Waals surface area contributed by atoms with Crippen molar-refractivity contribution in [3.63, 3.8) is 0 Å². The fourth-order valence-corrected chi connectivity index (χ4v) is 3.35. The second-order valence-electron chi connectivity index (χ2n) is 6.32. The molecule has 1 aliphatic rings. The maximum absolute atomic E-state index is 12.4. The fourth-order valence-electron chi connectivity index (χ4n) is 3.35. The van der Waals surface area contributed by atoms with Crippen LogP contribution in [0.3, 0.4) is 0 Å². The van der Waals surface area contributed by atoms with Crippen molar-refractivity contribution in [3.8, 4) is 0 Å². The van der Waals surface area contributed by atoms with Gasteiger partial charge in [-0.25, -0.2) is 0 Å². The third kappa shape index (κ3) is 3.88. The molecule has 1 atom stereocenters. The van der Waals surface area contributed by atoms with E-state index in [9.17, 15) is 14.9 Å². The Morgan fingerprint density at radius 2 is 2.04 bits per heavy atom. The van der Waals surface area contributed by atoms with Crippen molar-refractivity contribution in [2.75, 3.05) is 19.6 Å². The van der Waals surface area contributed by atoms with E-state index in [1.54, 1.807) is 6.07 Å². The van der Waals surface area contributed by atoms with Gasteiger partial charge in [0.2, 0.25) is 0 Å². The van der Waals surface area contributed by atoms with E-state index < -0.39 is 4.92 Å². The van der Waals surface area contributed by atoms with E-state index in [0.29, 0.717) is 12.1 Å². The maximum atomic E-state index is 12.4. The summed E-state index contributed by atoms with van der Waals surface area (Å²) in [7, 11) is 2.00. The third-order valence-electron chi connectivity index (χ3n) is 4.68. The van der Waals surface area contributed by atoms with E-state index in [2.05, 4.69) is 20.9 Å². The lowest BCUT2D eigenvalue weighted by atomic mass is 10.1. The number of rotatable bonds is 6. The van der Waals surface area contributed by atoms with Crippen LogP contribution in [0.1, 0.15) is 34.9 Å². The molecule has 1 aromatic carbocycles. The van der Waals surface area contributed by atoms with E-state index in [1.165, 1.54) is 31.0 Å². The number of aromatic nitrogens is 1. The number of hydrogen-bond donors (Lipinski definition) is 1. The summed E-state index contributed by atoms with van der Waals surface area (Å²) in [5.41, 5.74) is 1.38. The van der Waals surface area contributed by atoms with E-state index >= 15 is 0 Å². The average Bonchev–Trinajstić information content (AvgIpc) is 3.28. The molecular formula is C18H22N4O3. The highest BCUT2D eigenvalue weighted by atomic mass is 16.6.